The van der Waals surface area contributed by atoms with E-state index in [2.05, 4.69) is 24.0 Å². The second kappa shape index (κ2) is 5.34. The fourth-order valence-corrected chi connectivity index (χ4v) is 3.36. The highest BCUT2D eigenvalue weighted by molar-refractivity contribution is 7.71. The molecule has 5 heteroatoms. The van der Waals surface area contributed by atoms with Gasteiger partial charge in [0, 0.05) is 6.54 Å². The number of benzene rings is 1. The van der Waals surface area contributed by atoms with Gasteiger partial charge in [-0.2, -0.15) is 0 Å². The van der Waals surface area contributed by atoms with Crippen LogP contribution in [0.2, 0.25) is 0 Å². The molecule has 2 aromatic heterocycles. The van der Waals surface area contributed by atoms with Gasteiger partial charge in [0.1, 0.15) is 4.70 Å². The van der Waals surface area contributed by atoms with E-state index in [-0.39, 0.29) is 11.5 Å². The third-order valence-corrected chi connectivity index (χ3v) is 4.64. The second-order valence-corrected chi connectivity index (χ2v) is 6.12. The van der Waals surface area contributed by atoms with Crippen molar-refractivity contribution in [1.29, 1.82) is 0 Å². The fraction of sp³-hybridized carbons (Fsp3) is 0.200. The predicted octanol–water partition coefficient (Wildman–Crippen LogP) is 3.92. The zero-order valence-corrected chi connectivity index (χ0v) is 12.6. The molecule has 3 nitrogen and oxygen atoms in total. The molecule has 0 aliphatic carbocycles. The number of hydrogen-bond donors (Lipinski definition) is 1. The molecule has 1 atom stereocenters. The van der Waals surface area contributed by atoms with Crippen molar-refractivity contribution in [2.45, 2.75) is 19.4 Å². The summed E-state index contributed by atoms with van der Waals surface area (Å²) in [5.74, 6) is 0.237. The van der Waals surface area contributed by atoms with Crippen molar-refractivity contribution in [2.75, 3.05) is 0 Å². The summed E-state index contributed by atoms with van der Waals surface area (Å²) in [6.07, 6.45) is 0. The summed E-state index contributed by atoms with van der Waals surface area (Å²) in [5, 5.41) is 1.91. The second-order valence-electron chi connectivity index (χ2n) is 4.82. The van der Waals surface area contributed by atoms with Crippen LogP contribution in [0.3, 0.4) is 0 Å². The Kier molecular flexibility index (Phi) is 3.54. The quantitative estimate of drug-likeness (QED) is 0.745. The number of thiophene rings is 1. The lowest BCUT2D eigenvalue weighted by atomic mass is 10.0. The summed E-state index contributed by atoms with van der Waals surface area (Å²) in [6.45, 7) is 2.70. The van der Waals surface area contributed by atoms with Crippen LogP contribution in [-0.4, -0.2) is 9.55 Å². The first-order chi connectivity index (χ1) is 9.66. The monoisotopic (exact) mass is 302 g/mol. The van der Waals surface area contributed by atoms with Crippen molar-refractivity contribution in [3.63, 3.8) is 0 Å². The Labute approximate surface area is 125 Å². The average molecular weight is 302 g/mol. The summed E-state index contributed by atoms with van der Waals surface area (Å²) in [5.41, 5.74) is 2.04. The number of rotatable bonds is 3. The van der Waals surface area contributed by atoms with Crippen LogP contribution in [0.1, 0.15) is 18.4 Å². The number of aromatic amines is 1. The molecule has 0 saturated carbocycles. The lowest BCUT2D eigenvalue weighted by Crippen LogP contribution is -2.23. The van der Waals surface area contributed by atoms with Gasteiger partial charge in [0.15, 0.2) is 4.77 Å². The molecule has 3 rings (SSSR count). The summed E-state index contributed by atoms with van der Waals surface area (Å²) in [4.78, 5) is 15.6. The molecule has 0 aliphatic heterocycles. The van der Waals surface area contributed by atoms with Crippen LogP contribution in [0.4, 0.5) is 0 Å². The maximum absolute atomic E-state index is 12.5. The number of nitrogens with zero attached hydrogens (tertiary/aromatic N) is 1. The Morgan fingerprint density at radius 1 is 1.30 bits per heavy atom. The van der Waals surface area contributed by atoms with Gasteiger partial charge in [0.25, 0.3) is 5.56 Å². The highest BCUT2D eigenvalue weighted by Gasteiger charge is 2.11. The van der Waals surface area contributed by atoms with Gasteiger partial charge in [-0.25, -0.2) is 0 Å². The summed E-state index contributed by atoms with van der Waals surface area (Å²) >= 11 is 6.76. The normalized spacial score (nSPS) is 12.7. The molecule has 102 valence electrons. The van der Waals surface area contributed by atoms with E-state index in [1.807, 2.05) is 29.6 Å². The van der Waals surface area contributed by atoms with Crippen LogP contribution < -0.4 is 5.56 Å². The lowest BCUT2D eigenvalue weighted by Gasteiger charge is -2.14. The van der Waals surface area contributed by atoms with Gasteiger partial charge in [0.05, 0.1) is 5.52 Å². The number of fused-ring (bicyclic) bond motifs is 1. The molecule has 20 heavy (non-hydrogen) atoms. The van der Waals surface area contributed by atoms with Crippen molar-refractivity contribution in [1.82, 2.24) is 9.55 Å². The van der Waals surface area contributed by atoms with Crippen LogP contribution in [0.5, 0.6) is 0 Å². The smallest absolute Gasteiger partial charge is 0.272 e. The molecule has 1 aromatic carbocycles. The Hall–Kier alpha value is -1.72. The molecule has 0 aliphatic rings. The minimum absolute atomic E-state index is 0.00142. The molecular weight excluding hydrogens is 288 g/mol. The van der Waals surface area contributed by atoms with E-state index in [4.69, 9.17) is 12.2 Å². The van der Waals surface area contributed by atoms with Gasteiger partial charge in [-0.05, 0) is 35.1 Å². The van der Waals surface area contributed by atoms with Crippen LogP contribution in [0, 0.1) is 4.77 Å². The summed E-state index contributed by atoms with van der Waals surface area (Å²) in [6, 6.07) is 12.1. The first-order valence-electron chi connectivity index (χ1n) is 6.42. The maximum atomic E-state index is 12.5. The number of hydrogen-bond acceptors (Lipinski definition) is 3. The highest BCUT2D eigenvalue weighted by Crippen LogP contribution is 2.18. The van der Waals surface area contributed by atoms with E-state index in [0.717, 1.165) is 10.2 Å². The van der Waals surface area contributed by atoms with Crippen molar-refractivity contribution in [2.24, 2.45) is 0 Å². The van der Waals surface area contributed by atoms with Crippen LogP contribution >= 0.6 is 23.6 Å². The predicted molar refractivity (Wildman–Crippen MR) is 86.1 cm³/mol. The molecule has 3 aromatic rings. The molecule has 0 radical (unpaired) electrons. The first kappa shape index (κ1) is 13.3. The van der Waals surface area contributed by atoms with Crippen LogP contribution in [0.25, 0.3) is 10.2 Å². The Morgan fingerprint density at radius 2 is 2.05 bits per heavy atom. The SMILES string of the molecule is CC(Cn1c(=S)[nH]c2ccsc2c1=O)c1ccccc1. The average Bonchev–Trinajstić information content (AvgIpc) is 2.92. The molecule has 0 fully saturated rings. The van der Waals surface area contributed by atoms with Gasteiger partial charge >= 0.3 is 0 Å². The van der Waals surface area contributed by atoms with Crippen molar-refractivity contribution in [3.8, 4) is 0 Å². The van der Waals surface area contributed by atoms with Crippen molar-refractivity contribution in [3.05, 3.63) is 62.5 Å². The van der Waals surface area contributed by atoms with Gasteiger partial charge in [0.2, 0.25) is 0 Å². The Balaban J connectivity index is 2.03. The van der Waals surface area contributed by atoms with Gasteiger partial charge in [-0.15, -0.1) is 11.3 Å². The van der Waals surface area contributed by atoms with E-state index >= 15 is 0 Å². The third kappa shape index (κ3) is 2.34. The van der Waals surface area contributed by atoms with Gasteiger partial charge in [-0.1, -0.05) is 37.3 Å². The van der Waals surface area contributed by atoms with Gasteiger partial charge in [-0.3, -0.25) is 9.36 Å². The molecule has 2 heterocycles. The number of aromatic nitrogens is 2. The number of nitrogens with one attached hydrogen (secondary N) is 1. The molecule has 0 amide bonds. The molecule has 1 unspecified atom stereocenters. The zero-order valence-electron chi connectivity index (χ0n) is 11.0. The lowest BCUT2D eigenvalue weighted by molar-refractivity contribution is 0.570. The minimum Gasteiger partial charge on any atom is -0.331 e. The Morgan fingerprint density at radius 3 is 2.80 bits per heavy atom. The zero-order chi connectivity index (χ0) is 14.1. The summed E-state index contributed by atoms with van der Waals surface area (Å²) in [7, 11) is 0. The van der Waals surface area contributed by atoms with Crippen molar-refractivity contribution >= 4 is 33.8 Å². The largest absolute Gasteiger partial charge is 0.331 e. The maximum Gasteiger partial charge on any atom is 0.272 e. The van der Waals surface area contributed by atoms with Crippen LogP contribution in [-0.2, 0) is 6.54 Å². The van der Waals surface area contributed by atoms with E-state index in [1.54, 1.807) is 4.57 Å². The van der Waals surface area contributed by atoms with E-state index in [0.29, 0.717) is 11.3 Å². The molecular formula is C15H14N2OS2. The third-order valence-electron chi connectivity index (χ3n) is 3.42. The molecule has 0 saturated heterocycles. The summed E-state index contributed by atoms with van der Waals surface area (Å²) < 4.78 is 2.88. The van der Waals surface area contributed by atoms with E-state index < -0.39 is 0 Å². The molecule has 0 spiro atoms. The van der Waals surface area contributed by atoms with Crippen molar-refractivity contribution < 1.29 is 0 Å². The highest BCUT2D eigenvalue weighted by atomic mass is 32.1. The fourth-order valence-electron chi connectivity index (χ4n) is 2.30. The molecule has 0 bridgehead atoms. The standard InChI is InChI=1S/C15H14N2OS2/c1-10(11-5-3-2-4-6-11)9-17-14(18)13-12(7-8-20-13)16-15(17)19/h2-8,10H,9H2,1H3,(H,16,19). The number of H-pyrrole nitrogens is 1. The van der Waals surface area contributed by atoms with Crippen LogP contribution in [0.15, 0.2) is 46.6 Å². The van der Waals surface area contributed by atoms with E-state index in [9.17, 15) is 4.79 Å². The molecule has 1 N–H and O–H groups in total. The Bertz CT molecular complexity index is 845. The first-order valence-corrected chi connectivity index (χ1v) is 7.71. The van der Waals surface area contributed by atoms with E-state index in [1.165, 1.54) is 16.9 Å². The topological polar surface area (TPSA) is 37.8 Å². The minimum atomic E-state index is 0.00142. The van der Waals surface area contributed by atoms with Gasteiger partial charge < -0.3 is 4.98 Å².